The second kappa shape index (κ2) is 5.77. The first kappa shape index (κ1) is 15.4. The van der Waals surface area contributed by atoms with Crippen LogP contribution in [0.15, 0.2) is 18.2 Å². The first-order valence-corrected chi connectivity index (χ1v) is 8.56. The number of carbonyl (C=O) groups is 1. The molecule has 6 nitrogen and oxygen atoms in total. The Morgan fingerprint density at radius 3 is 2.96 bits per heavy atom. The van der Waals surface area contributed by atoms with Crippen molar-refractivity contribution in [2.75, 3.05) is 6.54 Å². The van der Waals surface area contributed by atoms with E-state index >= 15 is 0 Å². The summed E-state index contributed by atoms with van der Waals surface area (Å²) in [6.45, 7) is 6.07. The summed E-state index contributed by atoms with van der Waals surface area (Å²) in [7, 11) is 0. The van der Waals surface area contributed by atoms with Gasteiger partial charge in [0, 0.05) is 30.5 Å². The molecule has 0 fully saturated rings. The van der Waals surface area contributed by atoms with Crippen LogP contribution in [-0.2, 0) is 24.3 Å². The van der Waals surface area contributed by atoms with Gasteiger partial charge >= 0.3 is 0 Å². The van der Waals surface area contributed by atoms with Gasteiger partial charge in [-0.15, -0.1) is 10.2 Å². The van der Waals surface area contributed by atoms with Crippen LogP contribution in [0.3, 0.4) is 0 Å². The lowest BCUT2D eigenvalue weighted by Crippen LogP contribution is -2.45. The molecule has 1 atom stereocenters. The smallest absolute Gasteiger partial charge is 0.264 e. The number of nitrogens with zero attached hydrogens (tertiary/aromatic N) is 4. The van der Waals surface area contributed by atoms with Crippen LogP contribution in [0.5, 0.6) is 5.75 Å². The number of hydrogen-bond acceptors (Lipinski definition) is 4. The van der Waals surface area contributed by atoms with Gasteiger partial charge in [0.25, 0.3) is 5.91 Å². The molecule has 3 heterocycles. The monoisotopic (exact) mass is 346 g/mol. The maximum atomic E-state index is 12.8. The van der Waals surface area contributed by atoms with Gasteiger partial charge < -0.3 is 14.2 Å². The highest BCUT2D eigenvalue weighted by Crippen LogP contribution is 2.32. The summed E-state index contributed by atoms with van der Waals surface area (Å²) in [6, 6.07) is 5.47. The van der Waals surface area contributed by atoms with E-state index in [1.807, 2.05) is 17.0 Å². The first-order chi connectivity index (χ1) is 11.5. The average Bonchev–Trinajstić information content (AvgIpc) is 3.16. The van der Waals surface area contributed by atoms with E-state index in [0.717, 1.165) is 29.5 Å². The van der Waals surface area contributed by atoms with Gasteiger partial charge in [0.05, 0.1) is 6.54 Å². The van der Waals surface area contributed by atoms with Crippen molar-refractivity contribution in [3.63, 3.8) is 0 Å². The van der Waals surface area contributed by atoms with Gasteiger partial charge in [-0.05, 0) is 23.8 Å². The number of rotatable bonds is 2. The second-order valence-electron chi connectivity index (χ2n) is 6.60. The standard InChI is InChI=1S/C17H19ClN4O2/c1-10(2)16-20-19-15-9-21(5-6-22(15)16)17(23)14-8-11-7-12(18)3-4-13(11)24-14/h3-4,7,10,14H,5-6,8-9H2,1-2H3/t14-/m1/s1. The highest BCUT2D eigenvalue weighted by atomic mass is 35.5. The molecule has 0 unspecified atom stereocenters. The first-order valence-electron chi connectivity index (χ1n) is 8.19. The van der Waals surface area contributed by atoms with Gasteiger partial charge in [-0.25, -0.2) is 0 Å². The summed E-state index contributed by atoms with van der Waals surface area (Å²) in [5.74, 6) is 2.90. The summed E-state index contributed by atoms with van der Waals surface area (Å²) in [4.78, 5) is 14.6. The minimum atomic E-state index is -0.475. The molecule has 24 heavy (non-hydrogen) atoms. The number of hydrogen-bond donors (Lipinski definition) is 0. The molecule has 2 aliphatic heterocycles. The fourth-order valence-corrected chi connectivity index (χ4v) is 3.55. The van der Waals surface area contributed by atoms with Gasteiger partial charge in [-0.1, -0.05) is 25.4 Å². The van der Waals surface area contributed by atoms with E-state index in [2.05, 4.69) is 28.6 Å². The predicted octanol–water partition coefficient (Wildman–Crippen LogP) is 2.40. The Morgan fingerprint density at radius 1 is 1.33 bits per heavy atom. The molecular formula is C17H19ClN4O2. The van der Waals surface area contributed by atoms with Crippen molar-refractivity contribution in [3.05, 3.63) is 40.4 Å². The van der Waals surface area contributed by atoms with Gasteiger partial charge in [-0.2, -0.15) is 0 Å². The lowest BCUT2D eigenvalue weighted by atomic mass is 10.1. The zero-order valence-electron chi connectivity index (χ0n) is 13.7. The maximum absolute atomic E-state index is 12.8. The van der Waals surface area contributed by atoms with E-state index in [1.165, 1.54) is 0 Å². The van der Waals surface area contributed by atoms with Crippen LogP contribution < -0.4 is 4.74 Å². The minimum absolute atomic E-state index is 0.00247. The van der Waals surface area contributed by atoms with Gasteiger partial charge in [0.15, 0.2) is 11.9 Å². The lowest BCUT2D eigenvalue weighted by Gasteiger charge is -2.29. The molecule has 2 aromatic rings. The topological polar surface area (TPSA) is 60.2 Å². The molecule has 0 radical (unpaired) electrons. The van der Waals surface area contributed by atoms with Gasteiger partial charge in [-0.3, -0.25) is 4.79 Å². The zero-order valence-corrected chi connectivity index (χ0v) is 14.5. The Bertz CT molecular complexity index is 802. The predicted molar refractivity (Wildman–Crippen MR) is 89.1 cm³/mol. The number of fused-ring (bicyclic) bond motifs is 2. The van der Waals surface area contributed by atoms with Crippen molar-refractivity contribution < 1.29 is 9.53 Å². The van der Waals surface area contributed by atoms with Gasteiger partial charge in [0.2, 0.25) is 0 Å². The van der Waals surface area contributed by atoms with Crippen molar-refractivity contribution in [2.24, 2.45) is 0 Å². The fraction of sp³-hybridized carbons (Fsp3) is 0.471. The molecule has 0 bridgehead atoms. The summed E-state index contributed by atoms with van der Waals surface area (Å²) < 4.78 is 7.94. The Morgan fingerprint density at radius 2 is 2.17 bits per heavy atom. The number of carbonyl (C=O) groups excluding carboxylic acids is 1. The largest absolute Gasteiger partial charge is 0.480 e. The van der Waals surface area contributed by atoms with Crippen LogP contribution in [-0.4, -0.2) is 38.2 Å². The molecule has 0 saturated heterocycles. The Hall–Kier alpha value is -2.08. The number of amides is 1. The summed E-state index contributed by atoms with van der Waals surface area (Å²) in [6.07, 6.45) is 0.0901. The Kier molecular flexibility index (Phi) is 3.72. The van der Waals surface area contributed by atoms with E-state index in [0.29, 0.717) is 30.5 Å². The van der Waals surface area contributed by atoms with Crippen molar-refractivity contribution in [2.45, 2.75) is 45.4 Å². The summed E-state index contributed by atoms with van der Waals surface area (Å²) in [5.41, 5.74) is 0.989. The van der Waals surface area contributed by atoms with Crippen LogP contribution in [0.1, 0.15) is 37.0 Å². The molecule has 0 saturated carbocycles. The third-order valence-electron chi connectivity index (χ3n) is 4.58. The Balaban J connectivity index is 1.49. The minimum Gasteiger partial charge on any atom is -0.480 e. The van der Waals surface area contributed by atoms with Crippen LogP contribution in [0.4, 0.5) is 0 Å². The number of benzene rings is 1. The van der Waals surface area contributed by atoms with E-state index in [9.17, 15) is 4.79 Å². The quantitative estimate of drug-likeness (QED) is 0.837. The fourth-order valence-electron chi connectivity index (χ4n) is 3.35. The summed E-state index contributed by atoms with van der Waals surface area (Å²) in [5, 5.41) is 9.17. The highest BCUT2D eigenvalue weighted by Gasteiger charge is 2.35. The number of ether oxygens (including phenoxy) is 1. The molecule has 2 aliphatic rings. The average molecular weight is 347 g/mol. The molecule has 126 valence electrons. The lowest BCUT2D eigenvalue weighted by molar-refractivity contribution is -0.139. The molecule has 0 spiro atoms. The molecule has 1 aromatic carbocycles. The Labute approximate surface area is 145 Å². The molecule has 0 N–H and O–H groups in total. The van der Waals surface area contributed by atoms with E-state index in [1.54, 1.807) is 6.07 Å². The van der Waals surface area contributed by atoms with Crippen molar-refractivity contribution in [1.82, 2.24) is 19.7 Å². The zero-order chi connectivity index (χ0) is 16.8. The number of aromatic nitrogens is 3. The van der Waals surface area contributed by atoms with Crippen LogP contribution >= 0.6 is 11.6 Å². The normalized spacial score (nSPS) is 19.2. The van der Waals surface area contributed by atoms with Gasteiger partial charge in [0.1, 0.15) is 11.6 Å². The van der Waals surface area contributed by atoms with Crippen LogP contribution in [0.25, 0.3) is 0 Å². The highest BCUT2D eigenvalue weighted by molar-refractivity contribution is 6.30. The van der Waals surface area contributed by atoms with E-state index in [4.69, 9.17) is 16.3 Å². The SMILES string of the molecule is CC(C)c1nnc2n1CCN(C(=O)[C@H]1Cc3cc(Cl)ccc3O1)C2. The van der Waals surface area contributed by atoms with E-state index in [-0.39, 0.29) is 5.91 Å². The van der Waals surface area contributed by atoms with Crippen LogP contribution in [0.2, 0.25) is 5.02 Å². The third-order valence-corrected chi connectivity index (χ3v) is 4.82. The maximum Gasteiger partial charge on any atom is 0.264 e. The molecule has 1 amide bonds. The molecule has 7 heteroatoms. The number of halogens is 1. The van der Waals surface area contributed by atoms with Crippen molar-refractivity contribution in [1.29, 1.82) is 0 Å². The summed E-state index contributed by atoms with van der Waals surface area (Å²) >= 11 is 6.01. The second-order valence-corrected chi connectivity index (χ2v) is 7.04. The molecule has 1 aromatic heterocycles. The van der Waals surface area contributed by atoms with Crippen molar-refractivity contribution >= 4 is 17.5 Å². The van der Waals surface area contributed by atoms with E-state index < -0.39 is 6.10 Å². The molecule has 4 rings (SSSR count). The molecule has 0 aliphatic carbocycles. The van der Waals surface area contributed by atoms with Crippen LogP contribution in [0, 0.1) is 0 Å². The third kappa shape index (κ3) is 2.55. The molecular weight excluding hydrogens is 328 g/mol. The van der Waals surface area contributed by atoms with Crippen molar-refractivity contribution in [3.8, 4) is 5.75 Å².